The number of hydrogen-bond donors (Lipinski definition) is 1. The molecule has 1 N–H and O–H groups in total. The summed E-state index contributed by atoms with van der Waals surface area (Å²) < 4.78 is 6.85. The van der Waals surface area contributed by atoms with Crippen LogP contribution >= 0.6 is 0 Å². The predicted octanol–water partition coefficient (Wildman–Crippen LogP) is 5.14. The highest BCUT2D eigenvalue weighted by molar-refractivity contribution is 5.94. The van der Waals surface area contributed by atoms with Crippen molar-refractivity contribution in [2.75, 3.05) is 19.6 Å². The van der Waals surface area contributed by atoms with Gasteiger partial charge in [-0.3, -0.25) is 9.69 Å². The molecule has 1 saturated heterocycles. The Morgan fingerprint density at radius 3 is 2.82 bits per heavy atom. The summed E-state index contributed by atoms with van der Waals surface area (Å²) in [6, 6.07) is 10.1. The molecule has 204 valence electrons. The van der Waals surface area contributed by atoms with Crippen molar-refractivity contribution in [3.63, 3.8) is 0 Å². The van der Waals surface area contributed by atoms with Crippen LogP contribution in [-0.2, 0) is 16.6 Å². The molecule has 5 heteroatoms. The molecule has 1 saturated carbocycles. The molecule has 1 amide bonds. The lowest BCUT2D eigenvalue weighted by Crippen LogP contribution is -2.69. The number of carbonyl (C=O) groups is 1. The van der Waals surface area contributed by atoms with Crippen LogP contribution in [0.5, 0.6) is 11.5 Å². The summed E-state index contributed by atoms with van der Waals surface area (Å²) >= 11 is 0. The van der Waals surface area contributed by atoms with Crippen molar-refractivity contribution in [1.82, 2.24) is 9.80 Å². The summed E-state index contributed by atoms with van der Waals surface area (Å²) in [6.07, 6.45) is 5.59. The Morgan fingerprint density at radius 2 is 2.08 bits per heavy atom. The number of amides is 1. The molecule has 0 unspecified atom stereocenters. The smallest absolute Gasteiger partial charge is 0.299 e. The van der Waals surface area contributed by atoms with E-state index in [9.17, 15) is 9.90 Å². The van der Waals surface area contributed by atoms with Gasteiger partial charge in [0.15, 0.2) is 0 Å². The van der Waals surface area contributed by atoms with Crippen LogP contribution in [0.2, 0.25) is 0 Å². The number of nitrogens with zero attached hydrogens (tertiary/aromatic N) is 2. The molecule has 0 radical (unpaired) electrons. The van der Waals surface area contributed by atoms with Crippen molar-refractivity contribution in [2.45, 2.75) is 77.0 Å². The van der Waals surface area contributed by atoms with Crippen LogP contribution in [0.25, 0.3) is 0 Å². The lowest BCUT2D eigenvalue weighted by Gasteiger charge is -2.60. The summed E-state index contributed by atoms with van der Waals surface area (Å²) in [7, 11) is 0. The second-order valence-electron chi connectivity index (χ2n) is 12.5. The SMILES string of the molecule is C=CCN1CC[C@@]23c4c5ccc(O)c4C[C@@H]1[C@@H]2CC[C@H](N(CC(C)C)C(=O)C#Cc1ccc(C)c(C)c1)[C@@H]3O5. The molecule has 4 aliphatic rings. The van der Waals surface area contributed by atoms with E-state index in [0.717, 1.165) is 55.6 Å². The van der Waals surface area contributed by atoms with E-state index in [1.807, 2.05) is 23.1 Å². The van der Waals surface area contributed by atoms with Crippen LogP contribution in [0.4, 0.5) is 0 Å². The molecule has 2 fully saturated rings. The van der Waals surface area contributed by atoms with Gasteiger partial charge >= 0.3 is 0 Å². The second-order valence-corrected chi connectivity index (χ2v) is 12.5. The first kappa shape index (κ1) is 26.0. The molecular weight excluding hydrogens is 484 g/mol. The van der Waals surface area contributed by atoms with Gasteiger partial charge in [0, 0.05) is 47.2 Å². The van der Waals surface area contributed by atoms with Gasteiger partial charge in [0.25, 0.3) is 5.91 Å². The molecular formula is C34H40N2O3. The maximum absolute atomic E-state index is 13.8. The monoisotopic (exact) mass is 524 g/mol. The first-order chi connectivity index (χ1) is 18.7. The maximum Gasteiger partial charge on any atom is 0.299 e. The van der Waals surface area contributed by atoms with E-state index in [-0.39, 0.29) is 23.5 Å². The molecule has 1 spiro atoms. The Labute approximate surface area is 232 Å². The summed E-state index contributed by atoms with van der Waals surface area (Å²) in [5.74, 6) is 8.03. The zero-order valence-electron chi connectivity index (χ0n) is 23.7. The average molecular weight is 525 g/mol. The van der Waals surface area contributed by atoms with Crippen molar-refractivity contribution in [1.29, 1.82) is 0 Å². The van der Waals surface area contributed by atoms with Gasteiger partial charge in [0.1, 0.15) is 17.6 Å². The van der Waals surface area contributed by atoms with Crippen molar-refractivity contribution >= 4 is 5.91 Å². The molecule has 39 heavy (non-hydrogen) atoms. The number of aromatic hydroxyl groups is 1. The minimum Gasteiger partial charge on any atom is -0.508 e. The number of piperidine rings is 1. The van der Waals surface area contributed by atoms with Crippen LogP contribution < -0.4 is 4.74 Å². The van der Waals surface area contributed by atoms with Gasteiger partial charge in [-0.2, -0.15) is 0 Å². The molecule has 5 nitrogen and oxygen atoms in total. The summed E-state index contributed by atoms with van der Waals surface area (Å²) in [6.45, 7) is 15.0. The van der Waals surface area contributed by atoms with Crippen molar-refractivity contribution in [3.05, 3.63) is 70.8 Å². The summed E-state index contributed by atoms with van der Waals surface area (Å²) in [5.41, 5.74) is 5.34. The third kappa shape index (κ3) is 4.07. The number of ether oxygens (including phenoxy) is 1. The minimum atomic E-state index is -0.191. The van der Waals surface area contributed by atoms with E-state index < -0.39 is 0 Å². The van der Waals surface area contributed by atoms with Crippen molar-refractivity contribution in [3.8, 4) is 23.3 Å². The lowest BCUT2D eigenvalue weighted by molar-refractivity contribution is -0.137. The van der Waals surface area contributed by atoms with Crippen LogP contribution in [-0.4, -0.2) is 58.6 Å². The molecule has 2 aliphatic heterocycles. The minimum absolute atomic E-state index is 0.0581. The van der Waals surface area contributed by atoms with Gasteiger partial charge in [-0.15, -0.1) is 6.58 Å². The largest absolute Gasteiger partial charge is 0.508 e. The fourth-order valence-electron chi connectivity index (χ4n) is 8.10. The number of rotatable bonds is 5. The van der Waals surface area contributed by atoms with Gasteiger partial charge < -0.3 is 14.7 Å². The van der Waals surface area contributed by atoms with Gasteiger partial charge in [0.2, 0.25) is 0 Å². The number of aryl methyl sites for hydroxylation is 2. The molecule has 2 aliphatic carbocycles. The van der Waals surface area contributed by atoms with Crippen LogP contribution in [0.15, 0.2) is 43.0 Å². The number of carbonyl (C=O) groups excluding carboxylic acids is 1. The molecule has 2 aromatic rings. The second kappa shape index (κ2) is 9.75. The topological polar surface area (TPSA) is 53.0 Å². The Kier molecular flexibility index (Phi) is 6.50. The van der Waals surface area contributed by atoms with Crippen molar-refractivity contribution in [2.24, 2.45) is 11.8 Å². The highest BCUT2D eigenvalue weighted by Gasteiger charge is 2.66. The Morgan fingerprint density at radius 1 is 1.26 bits per heavy atom. The average Bonchev–Trinajstić information content (AvgIpc) is 3.24. The normalized spacial score (nSPS) is 28.2. The maximum atomic E-state index is 13.8. The number of hydrogen-bond acceptors (Lipinski definition) is 4. The van der Waals surface area contributed by atoms with Crippen molar-refractivity contribution < 1.29 is 14.6 Å². The third-order valence-corrected chi connectivity index (χ3v) is 9.83. The molecule has 6 rings (SSSR count). The van der Waals surface area contributed by atoms with Crippen LogP contribution in [0, 0.1) is 37.5 Å². The summed E-state index contributed by atoms with van der Waals surface area (Å²) in [4.78, 5) is 18.4. The predicted molar refractivity (Wildman–Crippen MR) is 154 cm³/mol. The Balaban J connectivity index is 1.39. The van der Waals surface area contributed by atoms with Gasteiger partial charge in [-0.25, -0.2) is 0 Å². The van der Waals surface area contributed by atoms with Gasteiger partial charge in [-0.1, -0.05) is 31.9 Å². The van der Waals surface area contributed by atoms with Gasteiger partial charge in [0.05, 0.1) is 6.04 Å². The lowest BCUT2D eigenvalue weighted by atomic mass is 9.51. The zero-order valence-corrected chi connectivity index (χ0v) is 23.7. The van der Waals surface area contributed by atoms with Crippen LogP contribution in [0.3, 0.4) is 0 Å². The van der Waals surface area contributed by atoms with E-state index in [2.05, 4.69) is 63.1 Å². The van der Waals surface area contributed by atoms with Crippen LogP contribution in [0.1, 0.15) is 60.9 Å². The van der Waals surface area contributed by atoms with E-state index >= 15 is 0 Å². The molecule has 2 bridgehead atoms. The van der Waals surface area contributed by atoms with E-state index in [4.69, 9.17) is 4.74 Å². The van der Waals surface area contributed by atoms with E-state index in [0.29, 0.717) is 30.2 Å². The number of likely N-dealkylation sites (tertiary alicyclic amines) is 1. The number of phenolic OH excluding ortho intramolecular Hbond substituents is 1. The highest BCUT2D eigenvalue weighted by Crippen LogP contribution is 2.63. The van der Waals surface area contributed by atoms with Gasteiger partial charge in [-0.05, 0) is 93.3 Å². The van der Waals surface area contributed by atoms with E-state index in [1.54, 1.807) is 6.07 Å². The molecule has 2 aromatic carbocycles. The fraction of sp³-hybridized carbons (Fsp3) is 0.500. The van der Waals surface area contributed by atoms with E-state index in [1.165, 1.54) is 16.7 Å². The zero-order chi connectivity index (χ0) is 27.5. The fourth-order valence-corrected chi connectivity index (χ4v) is 8.10. The summed E-state index contributed by atoms with van der Waals surface area (Å²) in [5, 5.41) is 11.0. The molecule has 2 heterocycles. The standard InChI is InChI=1S/C34H40N2O3/c1-6-16-35-17-15-34-26-10-11-27(33(34)39-30-13-12-29(37)25(32(30)34)19-28(26)35)36(20-21(2)3)31(38)14-9-24-8-7-22(4)23(5)18-24/h6-8,12-13,18,21,26-28,33,37H,1,10-11,15-17,19-20H2,2-5H3/t26-,27-,28+,33-,34-/m0/s1. The Hall–Kier alpha value is -3.23. The number of phenols is 1. The first-order valence-corrected chi connectivity index (χ1v) is 14.5. The molecule has 0 aromatic heterocycles. The number of benzene rings is 2. The molecule has 5 atom stereocenters. The third-order valence-electron chi connectivity index (χ3n) is 9.83. The quantitative estimate of drug-likeness (QED) is 0.435. The highest BCUT2D eigenvalue weighted by atomic mass is 16.5. The Bertz CT molecular complexity index is 1380. The first-order valence-electron chi connectivity index (χ1n) is 14.5.